The number of aromatic amines is 1. The van der Waals surface area contributed by atoms with Crippen LogP contribution in [-0.2, 0) is 6.54 Å². The molecule has 0 aromatic carbocycles. The quantitative estimate of drug-likeness (QED) is 0.733. The molecule has 3 heterocycles. The molecule has 0 aliphatic carbocycles. The third kappa shape index (κ3) is 1.83. The van der Waals surface area contributed by atoms with Crippen molar-refractivity contribution in [3.8, 4) is 0 Å². The highest BCUT2D eigenvalue weighted by Crippen LogP contribution is 2.15. The summed E-state index contributed by atoms with van der Waals surface area (Å²) < 4.78 is 7.41. The fraction of sp³-hybridized carbons (Fsp3) is 0.167. The molecule has 0 saturated carbocycles. The van der Waals surface area contributed by atoms with Gasteiger partial charge in [0.1, 0.15) is 16.4 Å². The lowest BCUT2D eigenvalue weighted by Crippen LogP contribution is -2.21. The van der Waals surface area contributed by atoms with Gasteiger partial charge in [-0.2, -0.15) is 0 Å². The van der Waals surface area contributed by atoms with Gasteiger partial charge in [-0.3, -0.25) is 9.36 Å². The van der Waals surface area contributed by atoms with Crippen LogP contribution < -0.4 is 5.56 Å². The van der Waals surface area contributed by atoms with E-state index in [2.05, 4.69) is 4.98 Å². The molecular formula is C12H10N2O2S2. The zero-order valence-electron chi connectivity index (χ0n) is 9.60. The molecule has 18 heavy (non-hydrogen) atoms. The van der Waals surface area contributed by atoms with E-state index in [9.17, 15) is 4.79 Å². The Bertz CT molecular complexity index is 822. The molecule has 0 spiro atoms. The molecule has 92 valence electrons. The average Bonchev–Trinajstić information content (AvgIpc) is 2.93. The lowest BCUT2D eigenvalue weighted by molar-refractivity contribution is 0.465. The van der Waals surface area contributed by atoms with Crippen LogP contribution in [0.15, 0.2) is 32.8 Å². The first-order valence-electron chi connectivity index (χ1n) is 5.41. The number of aromatic nitrogens is 2. The van der Waals surface area contributed by atoms with Gasteiger partial charge in [-0.15, -0.1) is 11.3 Å². The molecule has 0 atom stereocenters. The molecule has 3 aromatic heterocycles. The second-order valence-electron chi connectivity index (χ2n) is 4.00. The summed E-state index contributed by atoms with van der Waals surface area (Å²) in [5.74, 6) is 1.55. The first-order valence-corrected chi connectivity index (χ1v) is 6.69. The van der Waals surface area contributed by atoms with Crippen molar-refractivity contribution in [3.63, 3.8) is 0 Å². The van der Waals surface area contributed by atoms with Gasteiger partial charge in [0, 0.05) is 0 Å². The summed E-state index contributed by atoms with van der Waals surface area (Å²) in [6, 6.07) is 5.53. The maximum Gasteiger partial charge on any atom is 0.263 e. The van der Waals surface area contributed by atoms with Gasteiger partial charge >= 0.3 is 0 Å². The molecular weight excluding hydrogens is 268 g/mol. The maximum atomic E-state index is 12.3. The van der Waals surface area contributed by atoms with Crippen molar-refractivity contribution < 1.29 is 4.42 Å². The Morgan fingerprint density at radius 1 is 1.44 bits per heavy atom. The molecule has 3 aromatic rings. The average molecular weight is 278 g/mol. The lowest BCUT2D eigenvalue weighted by Gasteiger charge is -2.04. The van der Waals surface area contributed by atoms with Crippen LogP contribution in [0.4, 0.5) is 0 Å². The number of fused-ring (bicyclic) bond motifs is 1. The van der Waals surface area contributed by atoms with Crippen LogP contribution in [0.3, 0.4) is 0 Å². The summed E-state index contributed by atoms with van der Waals surface area (Å²) >= 11 is 6.69. The van der Waals surface area contributed by atoms with E-state index >= 15 is 0 Å². The van der Waals surface area contributed by atoms with E-state index in [0.717, 1.165) is 16.4 Å². The van der Waals surface area contributed by atoms with Gasteiger partial charge in [-0.25, -0.2) is 0 Å². The molecule has 0 aliphatic rings. The summed E-state index contributed by atoms with van der Waals surface area (Å²) in [5.41, 5.74) is -0.0796. The molecule has 1 N–H and O–H groups in total. The molecule has 0 fully saturated rings. The van der Waals surface area contributed by atoms with Crippen LogP contribution in [0.25, 0.3) is 10.2 Å². The number of hydrogen-bond acceptors (Lipinski definition) is 4. The Hall–Kier alpha value is -1.66. The first-order chi connectivity index (χ1) is 8.65. The van der Waals surface area contributed by atoms with E-state index in [4.69, 9.17) is 16.6 Å². The van der Waals surface area contributed by atoms with Gasteiger partial charge in [0.15, 0.2) is 4.77 Å². The highest BCUT2D eigenvalue weighted by atomic mass is 32.1. The van der Waals surface area contributed by atoms with Gasteiger partial charge in [0.25, 0.3) is 5.56 Å². The summed E-state index contributed by atoms with van der Waals surface area (Å²) in [5, 5.41) is 2.54. The summed E-state index contributed by atoms with van der Waals surface area (Å²) in [7, 11) is 0. The predicted molar refractivity (Wildman–Crippen MR) is 73.8 cm³/mol. The topological polar surface area (TPSA) is 50.9 Å². The van der Waals surface area contributed by atoms with E-state index in [-0.39, 0.29) is 5.56 Å². The second kappa shape index (κ2) is 4.22. The van der Waals surface area contributed by atoms with Crippen molar-refractivity contribution in [2.75, 3.05) is 0 Å². The van der Waals surface area contributed by atoms with Crippen molar-refractivity contribution in [2.24, 2.45) is 0 Å². The Balaban J connectivity index is 2.17. The number of nitrogens with one attached hydrogen (secondary N) is 1. The van der Waals surface area contributed by atoms with Gasteiger partial charge in [-0.1, -0.05) is 0 Å². The third-order valence-electron chi connectivity index (χ3n) is 2.72. The van der Waals surface area contributed by atoms with E-state index in [1.54, 1.807) is 6.07 Å². The van der Waals surface area contributed by atoms with Crippen LogP contribution in [0, 0.1) is 11.7 Å². The van der Waals surface area contributed by atoms with Gasteiger partial charge in [0.2, 0.25) is 0 Å². The van der Waals surface area contributed by atoms with E-state index in [1.165, 1.54) is 15.9 Å². The zero-order chi connectivity index (χ0) is 12.7. The van der Waals surface area contributed by atoms with Gasteiger partial charge in [-0.05, 0) is 42.7 Å². The van der Waals surface area contributed by atoms with Crippen molar-refractivity contribution in [1.29, 1.82) is 0 Å². The fourth-order valence-corrected chi connectivity index (χ4v) is 2.94. The van der Waals surface area contributed by atoms with E-state index in [1.807, 2.05) is 24.4 Å². The van der Waals surface area contributed by atoms with Crippen LogP contribution in [0.1, 0.15) is 11.5 Å². The molecule has 0 amide bonds. The Labute approximate surface area is 112 Å². The lowest BCUT2D eigenvalue weighted by atomic mass is 10.4. The SMILES string of the molecule is Cc1ccc(Cn2c(=S)[nH]c3sccc3c2=O)o1. The summed E-state index contributed by atoms with van der Waals surface area (Å²) in [4.78, 5) is 16.1. The normalized spacial score (nSPS) is 11.2. The summed E-state index contributed by atoms with van der Waals surface area (Å²) in [6.45, 7) is 2.23. The smallest absolute Gasteiger partial charge is 0.263 e. The number of rotatable bonds is 2. The summed E-state index contributed by atoms with van der Waals surface area (Å²) in [6.07, 6.45) is 0. The minimum absolute atomic E-state index is 0.0796. The second-order valence-corrected chi connectivity index (χ2v) is 5.30. The molecule has 3 rings (SSSR count). The minimum atomic E-state index is -0.0796. The first kappa shape index (κ1) is 11.4. The zero-order valence-corrected chi connectivity index (χ0v) is 11.2. The number of nitrogens with zero attached hydrogens (tertiary/aromatic N) is 1. The molecule has 0 bridgehead atoms. The van der Waals surface area contributed by atoms with Crippen LogP contribution in [-0.4, -0.2) is 9.55 Å². The van der Waals surface area contributed by atoms with E-state index < -0.39 is 0 Å². The van der Waals surface area contributed by atoms with Crippen molar-refractivity contribution >= 4 is 33.8 Å². The number of thiophene rings is 1. The Morgan fingerprint density at radius 3 is 3.00 bits per heavy atom. The van der Waals surface area contributed by atoms with Crippen LogP contribution >= 0.6 is 23.6 Å². The molecule has 4 nitrogen and oxygen atoms in total. The third-order valence-corrected chi connectivity index (χ3v) is 3.87. The Kier molecular flexibility index (Phi) is 2.68. The number of aryl methyl sites for hydroxylation is 1. The molecule has 0 unspecified atom stereocenters. The highest BCUT2D eigenvalue weighted by Gasteiger charge is 2.08. The minimum Gasteiger partial charge on any atom is -0.464 e. The monoisotopic (exact) mass is 278 g/mol. The molecule has 0 radical (unpaired) electrons. The van der Waals surface area contributed by atoms with Gasteiger partial charge < -0.3 is 9.40 Å². The number of furan rings is 1. The maximum absolute atomic E-state index is 12.3. The van der Waals surface area contributed by atoms with E-state index in [0.29, 0.717) is 16.7 Å². The van der Waals surface area contributed by atoms with Gasteiger partial charge in [0.05, 0.1) is 11.9 Å². The Morgan fingerprint density at radius 2 is 2.28 bits per heavy atom. The molecule has 6 heteroatoms. The highest BCUT2D eigenvalue weighted by molar-refractivity contribution is 7.71. The van der Waals surface area contributed by atoms with Crippen LogP contribution in [0.2, 0.25) is 0 Å². The fourth-order valence-electron chi connectivity index (χ4n) is 1.85. The standard InChI is InChI=1S/C12H10N2O2S2/c1-7-2-3-8(16-7)6-14-11(15)9-4-5-18-10(9)13-12(14)17/h2-5H,6H2,1H3,(H,13,17). The molecule has 0 saturated heterocycles. The van der Waals surface area contributed by atoms with Crippen molar-refractivity contribution in [1.82, 2.24) is 9.55 Å². The van der Waals surface area contributed by atoms with Crippen molar-refractivity contribution in [2.45, 2.75) is 13.5 Å². The number of hydrogen-bond donors (Lipinski definition) is 1. The predicted octanol–water partition coefficient (Wildman–Crippen LogP) is 3.07. The molecule has 0 aliphatic heterocycles. The van der Waals surface area contributed by atoms with Crippen LogP contribution in [0.5, 0.6) is 0 Å². The largest absolute Gasteiger partial charge is 0.464 e. The number of H-pyrrole nitrogens is 1. The van der Waals surface area contributed by atoms with Crippen molar-refractivity contribution in [3.05, 3.63) is 50.2 Å².